The Labute approximate surface area is 278 Å². The Bertz CT molecular complexity index is 1560. The van der Waals surface area contributed by atoms with Crippen molar-refractivity contribution >= 4 is 22.8 Å². The van der Waals surface area contributed by atoms with Crippen molar-refractivity contribution in [2.24, 2.45) is 11.8 Å². The lowest BCUT2D eigenvalue weighted by Gasteiger charge is -2.50. The van der Waals surface area contributed by atoms with Gasteiger partial charge in [-0.05, 0) is 101 Å². The van der Waals surface area contributed by atoms with Crippen molar-refractivity contribution < 1.29 is 23.7 Å². The summed E-state index contributed by atoms with van der Waals surface area (Å²) in [5, 5.41) is 4.57. The summed E-state index contributed by atoms with van der Waals surface area (Å²) < 4.78 is 26.2. The fraction of sp³-hybridized carbons (Fsp3) is 0.649. The molecule has 7 rings (SSSR count). The van der Waals surface area contributed by atoms with Gasteiger partial charge >= 0.3 is 5.97 Å². The molecule has 3 heterocycles. The summed E-state index contributed by atoms with van der Waals surface area (Å²) in [6.45, 7) is 10.2. The second-order valence-corrected chi connectivity index (χ2v) is 14.6. The molecule has 3 aromatic rings. The number of fused-ring (bicyclic) bond motifs is 2. The largest absolute Gasteiger partial charge is 0.497 e. The molecule has 3 saturated carbocycles. The molecule has 1 aliphatic heterocycles. The van der Waals surface area contributed by atoms with Gasteiger partial charge in [0.05, 0.1) is 31.2 Å². The van der Waals surface area contributed by atoms with E-state index >= 15 is 0 Å². The van der Waals surface area contributed by atoms with Crippen molar-refractivity contribution in [2.45, 2.75) is 122 Å². The van der Waals surface area contributed by atoms with Crippen molar-refractivity contribution in [3.63, 3.8) is 0 Å². The predicted octanol–water partition coefficient (Wildman–Crippen LogP) is 6.42. The number of rotatable bonds is 13. The highest BCUT2D eigenvalue weighted by Crippen LogP contribution is 2.49. The molecule has 2 aromatic heterocycles. The molecule has 4 fully saturated rings. The summed E-state index contributed by atoms with van der Waals surface area (Å²) in [6, 6.07) is 9.65. The molecule has 254 valence electrons. The molecule has 1 N–H and O–H groups in total. The first-order chi connectivity index (χ1) is 22.7. The second kappa shape index (κ2) is 13.4. The number of nitrogens with zero attached hydrogens (tertiary/aromatic N) is 4. The van der Waals surface area contributed by atoms with E-state index in [2.05, 4.69) is 51.1 Å². The van der Waals surface area contributed by atoms with E-state index in [1.165, 1.54) is 43.2 Å². The van der Waals surface area contributed by atoms with E-state index < -0.39 is 5.79 Å². The number of aryl methyl sites for hydroxylation is 1. The van der Waals surface area contributed by atoms with Gasteiger partial charge in [-0.3, -0.25) is 9.69 Å². The monoisotopic (exact) mass is 645 g/mol. The molecule has 4 atom stereocenters. The summed E-state index contributed by atoms with van der Waals surface area (Å²) in [7, 11) is 1.69. The number of hydrogen-bond acceptors (Lipinski definition) is 9. The van der Waals surface area contributed by atoms with Crippen LogP contribution in [0.25, 0.3) is 11.0 Å². The highest BCUT2D eigenvalue weighted by molar-refractivity contribution is 5.87. The normalized spacial score (nSPS) is 28.2. The third kappa shape index (κ3) is 6.61. The van der Waals surface area contributed by atoms with Gasteiger partial charge in [0, 0.05) is 43.7 Å². The zero-order chi connectivity index (χ0) is 32.7. The Morgan fingerprint density at radius 2 is 1.91 bits per heavy atom. The summed E-state index contributed by atoms with van der Waals surface area (Å²) in [6.07, 6.45) is 12.5. The number of hydrogen-bond donors (Lipinski definition) is 1. The van der Waals surface area contributed by atoms with Crippen LogP contribution < -0.4 is 10.1 Å². The molecule has 0 amide bonds. The minimum Gasteiger partial charge on any atom is -0.497 e. The highest BCUT2D eigenvalue weighted by Gasteiger charge is 2.55. The first-order valence-corrected chi connectivity index (χ1v) is 17.7. The van der Waals surface area contributed by atoms with E-state index in [9.17, 15) is 4.79 Å². The van der Waals surface area contributed by atoms with Gasteiger partial charge in [-0.1, -0.05) is 12.5 Å². The van der Waals surface area contributed by atoms with Crippen LogP contribution >= 0.6 is 0 Å². The van der Waals surface area contributed by atoms with Gasteiger partial charge < -0.3 is 28.8 Å². The van der Waals surface area contributed by atoms with Crippen LogP contribution in [0.5, 0.6) is 5.75 Å². The van der Waals surface area contributed by atoms with E-state index in [0.29, 0.717) is 43.5 Å². The molecule has 10 nitrogen and oxygen atoms in total. The van der Waals surface area contributed by atoms with Crippen LogP contribution in [-0.4, -0.2) is 75.7 Å². The highest BCUT2D eigenvalue weighted by atomic mass is 16.8. The Balaban J connectivity index is 1.07. The van der Waals surface area contributed by atoms with Gasteiger partial charge in [-0.25, -0.2) is 9.97 Å². The average Bonchev–Trinajstić information content (AvgIpc) is 3.66. The third-order valence-corrected chi connectivity index (χ3v) is 11.1. The lowest BCUT2D eigenvalue weighted by Crippen LogP contribution is -2.54. The molecule has 1 saturated heterocycles. The van der Waals surface area contributed by atoms with Crippen LogP contribution in [0.15, 0.2) is 36.8 Å². The molecule has 0 unspecified atom stereocenters. The maximum absolute atomic E-state index is 11.9. The summed E-state index contributed by atoms with van der Waals surface area (Å²) in [5.41, 5.74) is 3.30. The third-order valence-electron chi connectivity index (χ3n) is 11.1. The molecular weight excluding hydrogens is 594 g/mol. The minimum atomic E-state index is -0.622. The van der Waals surface area contributed by atoms with Crippen molar-refractivity contribution in [3.05, 3.63) is 47.9 Å². The molecule has 10 heteroatoms. The number of carbonyl (C=O) groups is 1. The van der Waals surface area contributed by atoms with Gasteiger partial charge in [0.25, 0.3) is 0 Å². The minimum absolute atomic E-state index is 0.0344. The van der Waals surface area contributed by atoms with Crippen LogP contribution in [0.2, 0.25) is 0 Å². The number of methoxy groups -OCH3 is 1. The van der Waals surface area contributed by atoms with Crippen molar-refractivity contribution in [1.82, 2.24) is 19.4 Å². The van der Waals surface area contributed by atoms with Gasteiger partial charge in [0.2, 0.25) is 0 Å². The Hall–Kier alpha value is -3.21. The number of benzene rings is 1. The second-order valence-electron chi connectivity index (χ2n) is 14.6. The molecule has 0 bridgehead atoms. The first kappa shape index (κ1) is 32.3. The number of ether oxygens (including phenoxy) is 4. The number of carbonyl (C=O) groups excluding carboxylic acids is 1. The van der Waals surface area contributed by atoms with E-state index in [4.69, 9.17) is 23.9 Å². The van der Waals surface area contributed by atoms with Crippen molar-refractivity contribution in [1.29, 1.82) is 0 Å². The van der Waals surface area contributed by atoms with Gasteiger partial charge in [0.15, 0.2) is 5.79 Å². The molecular formula is C37H51N5O5. The van der Waals surface area contributed by atoms with Crippen molar-refractivity contribution in [3.8, 4) is 5.75 Å². The smallest absolute Gasteiger partial charge is 0.305 e. The van der Waals surface area contributed by atoms with Crippen molar-refractivity contribution in [2.75, 3.05) is 25.6 Å². The fourth-order valence-electron chi connectivity index (χ4n) is 8.41. The van der Waals surface area contributed by atoms with E-state index in [1.54, 1.807) is 13.4 Å². The zero-order valence-electron chi connectivity index (χ0n) is 28.6. The number of esters is 1. The summed E-state index contributed by atoms with van der Waals surface area (Å²) in [5.74, 6) is 1.99. The SMILES string of the molecule is CCOC(=O)CCC1CC(N(C[C@H]2C[C@@H](n3ccc4c(NCc5ccc(OC)cc5C)ncnc43)[C@@H]3OC(C)(C)O[C@H]23)C2CCC2)C1. The molecule has 4 aliphatic rings. The average molecular weight is 646 g/mol. The topological polar surface area (TPSA) is 100.0 Å². The van der Waals surface area contributed by atoms with E-state index in [1.807, 2.05) is 26.8 Å². The van der Waals surface area contributed by atoms with E-state index in [0.717, 1.165) is 42.0 Å². The summed E-state index contributed by atoms with van der Waals surface area (Å²) in [4.78, 5) is 24.2. The van der Waals surface area contributed by atoms with E-state index in [-0.39, 0.29) is 24.2 Å². The fourth-order valence-corrected chi connectivity index (χ4v) is 8.41. The lowest BCUT2D eigenvalue weighted by molar-refractivity contribution is -0.162. The molecule has 1 aromatic carbocycles. The quantitative estimate of drug-likeness (QED) is 0.211. The molecule has 3 aliphatic carbocycles. The Morgan fingerprint density at radius 3 is 2.64 bits per heavy atom. The van der Waals surface area contributed by atoms with Crippen LogP contribution in [0, 0.1) is 18.8 Å². The Morgan fingerprint density at radius 1 is 1.11 bits per heavy atom. The molecule has 0 spiro atoms. The molecule has 47 heavy (non-hydrogen) atoms. The van der Waals surface area contributed by atoms with Gasteiger partial charge in [-0.15, -0.1) is 0 Å². The summed E-state index contributed by atoms with van der Waals surface area (Å²) >= 11 is 0. The Kier molecular flexibility index (Phi) is 9.19. The maximum Gasteiger partial charge on any atom is 0.305 e. The standard InChI is InChI=1S/C37H51N5O5/c1-6-45-32(43)13-10-24-17-28(18-24)42(27-8-7-9-27)21-26-19-31(34-33(26)46-37(3,4)47-34)41-15-14-30-35(39-22-40-36(30)41)38-20-25-11-12-29(44-5)16-23(25)2/h11-12,14-16,22,24,26-28,31,33-34H,6-10,13,17-21H2,1-5H3,(H,38,39,40)/t24?,26-,28?,31-,33-,34+/m1/s1. The predicted molar refractivity (Wildman–Crippen MR) is 180 cm³/mol. The first-order valence-electron chi connectivity index (χ1n) is 17.7. The zero-order valence-corrected chi connectivity index (χ0v) is 28.6. The maximum atomic E-state index is 11.9. The number of nitrogens with one attached hydrogen (secondary N) is 1. The van der Waals surface area contributed by atoms with Crippen LogP contribution in [-0.2, 0) is 25.5 Å². The lowest BCUT2D eigenvalue weighted by atomic mass is 9.74. The number of anilines is 1. The van der Waals surface area contributed by atoms with Crippen LogP contribution in [0.4, 0.5) is 5.82 Å². The molecule has 0 radical (unpaired) electrons. The van der Waals surface area contributed by atoms with Gasteiger partial charge in [-0.2, -0.15) is 0 Å². The number of aromatic nitrogens is 3. The van der Waals surface area contributed by atoms with Gasteiger partial charge in [0.1, 0.15) is 29.6 Å². The van der Waals surface area contributed by atoms with Crippen LogP contribution in [0.1, 0.15) is 89.3 Å². The van der Waals surface area contributed by atoms with Crippen LogP contribution in [0.3, 0.4) is 0 Å².